The highest BCUT2D eigenvalue weighted by Crippen LogP contribution is 2.18. The number of halogens is 1. The number of piperazine rings is 1. The summed E-state index contributed by atoms with van der Waals surface area (Å²) in [7, 11) is 2.17. The van der Waals surface area contributed by atoms with Gasteiger partial charge in [0.1, 0.15) is 17.3 Å². The van der Waals surface area contributed by atoms with Crippen molar-refractivity contribution < 1.29 is 4.42 Å². The molecule has 0 aromatic carbocycles. The molecule has 1 N–H and O–H groups in total. The van der Waals surface area contributed by atoms with Gasteiger partial charge in [-0.3, -0.25) is 0 Å². The molecule has 1 fully saturated rings. The van der Waals surface area contributed by atoms with E-state index in [1.807, 2.05) is 31.3 Å². The summed E-state index contributed by atoms with van der Waals surface area (Å²) < 4.78 is 5.59. The Morgan fingerprint density at radius 1 is 1.13 bits per heavy atom. The summed E-state index contributed by atoms with van der Waals surface area (Å²) in [6.45, 7) is 7.77. The second-order valence-electron chi connectivity index (χ2n) is 5.89. The van der Waals surface area contributed by atoms with Gasteiger partial charge in [0, 0.05) is 44.5 Å². The topological polar surface area (TPSA) is 44.5 Å². The Morgan fingerprint density at radius 3 is 2.61 bits per heavy atom. The van der Waals surface area contributed by atoms with Crippen LogP contribution < -0.4 is 10.2 Å². The van der Waals surface area contributed by atoms with Crippen LogP contribution in [-0.2, 0) is 13.1 Å². The zero-order valence-corrected chi connectivity index (χ0v) is 14.6. The molecule has 0 aliphatic carbocycles. The number of anilines is 1. The van der Waals surface area contributed by atoms with Gasteiger partial charge in [0.25, 0.3) is 0 Å². The van der Waals surface area contributed by atoms with E-state index in [1.54, 1.807) is 0 Å². The first-order chi connectivity index (χ1) is 10.7. The lowest BCUT2D eigenvalue weighted by Gasteiger charge is -2.34. The van der Waals surface area contributed by atoms with Crippen LogP contribution in [0.4, 0.5) is 5.82 Å². The van der Waals surface area contributed by atoms with Crippen molar-refractivity contribution in [3.8, 4) is 0 Å². The molecule has 0 radical (unpaired) electrons. The maximum atomic E-state index is 5.59. The average Bonchev–Trinajstić information content (AvgIpc) is 2.94. The van der Waals surface area contributed by atoms with E-state index in [2.05, 4.69) is 33.2 Å². The average molecular weight is 337 g/mol. The maximum absolute atomic E-state index is 5.59. The molecule has 2 aromatic heterocycles. The Morgan fingerprint density at radius 2 is 1.91 bits per heavy atom. The highest BCUT2D eigenvalue weighted by molar-refractivity contribution is 5.85. The highest BCUT2D eigenvalue weighted by atomic mass is 35.5. The van der Waals surface area contributed by atoms with Gasteiger partial charge in [-0.05, 0) is 32.2 Å². The summed E-state index contributed by atoms with van der Waals surface area (Å²) in [5.74, 6) is 3.04. The third kappa shape index (κ3) is 4.70. The van der Waals surface area contributed by atoms with Crippen molar-refractivity contribution in [1.29, 1.82) is 0 Å². The van der Waals surface area contributed by atoms with Crippen molar-refractivity contribution in [2.24, 2.45) is 0 Å². The van der Waals surface area contributed by atoms with Gasteiger partial charge < -0.3 is 19.5 Å². The zero-order chi connectivity index (χ0) is 15.4. The first kappa shape index (κ1) is 17.8. The highest BCUT2D eigenvalue weighted by Gasteiger charge is 2.17. The number of nitrogens with one attached hydrogen (secondary N) is 1. The number of hydrogen-bond donors (Lipinski definition) is 1. The number of hydrogen-bond acceptors (Lipinski definition) is 5. The summed E-state index contributed by atoms with van der Waals surface area (Å²) in [6.07, 6.45) is 1.88. The first-order valence-electron chi connectivity index (χ1n) is 7.86. The van der Waals surface area contributed by atoms with Crippen molar-refractivity contribution in [3.05, 3.63) is 47.5 Å². The van der Waals surface area contributed by atoms with Gasteiger partial charge in [-0.2, -0.15) is 0 Å². The molecule has 1 aliphatic rings. The molecule has 0 atom stereocenters. The summed E-state index contributed by atoms with van der Waals surface area (Å²) >= 11 is 0. The summed E-state index contributed by atoms with van der Waals surface area (Å²) in [6, 6.07) is 8.18. The van der Waals surface area contributed by atoms with Crippen LogP contribution in [0.5, 0.6) is 0 Å². The molecule has 0 amide bonds. The third-order valence-corrected chi connectivity index (χ3v) is 4.08. The summed E-state index contributed by atoms with van der Waals surface area (Å²) in [5, 5.41) is 3.45. The van der Waals surface area contributed by atoms with Crippen molar-refractivity contribution in [2.75, 3.05) is 38.1 Å². The van der Waals surface area contributed by atoms with Crippen LogP contribution in [0.2, 0.25) is 0 Å². The molecule has 0 saturated carbocycles. The van der Waals surface area contributed by atoms with Gasteiger partial charge in [0.2, 0.25) is 0 Å². The minimum Gasteiger partial charge on any atom is -0.465 e. The number of furan rings is 1. The van der Waals surface area contributed by atoms with E-state index in [-0.39, 0.29) is 12.4 Å². The zero-order valence-electron chi connectivity index (χ0n) is 13.8. The standard InChI is InChI=1S/C17H24N4O.ClH/c1-14-5-6-16(22-14)13-18-12-15-4-3-7-19-17(15)21-10-8-20(2)9-11-21;/h3-7,18H,8-13H2,1-2H3;1H. The number of likely N-dealkylation sites (N-methyl/N-ethyl adjacent to an activating group) is 1. The van der Waals surface area contributed by atoms with E-state index < -0.39 is 0 Å². The van der Waals surface area contributed by atoms with Crippen LogP contribution in [0.25, 0.3) is 0 Å². The predicted octanol–water partition coefficient (Wildman–Crippen LogP) is 2.45. The van der Waals surface area contributed by atoms with E-state index in [0.717, 1.165) is 56.6 Å². The van der Waals surface area contributed by atoms with Crippen LogP contribution in [0.15, 0.2) is 34.9 Å². The lowest BCUT2D eigenvalue weighted by atomic mass is 10.2. The van der Waals surface area contributed by atoms with E-state index in [0.29, 0.717) is 0 Å². The number of nitrogens with zero attached hydrogens (tertiary/aromatic N) is 3. The molecule has 23 heavy (non-hydrogen) atoms. The number of aromatic nitrogens is 1. The first-order valence-corrected chi connectivity index (χ1v) is 7.86. The molecular formula is C17H25ClN4O. The molecule has 3 heterocycles. The largest absolute Gasteiger partial charge is 0.465 e. The lowest BCUT2D eigenvalue weighted by molar-refractivity contribution is 0.311. The molecule has 5 nitrogen and oxygen atoms in total. The fourth-order valence-corrected chi connectivity index (χ4v) is 2.77. The Hall–Kier alpha value is -1.56. The monoisotopic (exact) mass is 336 g/mol. The van der Waals surface area contributed by atoms with E-state index in [4.69, 9.17) is 4.42 Å². The minimum absolute atomic E-state index is 0. The van der Waals surface area contributed by atoms with Gasteiger partial charge >= 0.3 is 0 Å². The molecule has 1 aliphatic heterocycles. The number of rotatable bonds is 5. The Bertz CT molecular complexity index is 608. The maximum Gasteiger partial charge on any atom is 0.133 e. The van der Waals surface area contributed by atoms with Crippen molar-refractivity contribution in [3.63, 3.8) is 0 Å². The van der Waals surface area contributed by atoms with E-state index >= 15 is 0 Å². The van der Waals surface area contributed by atoms with Gasteiger partial charge in [-0.1, -0.05) is 6.07 Å². The second-order valence-corrected chi connectivity index (χ2v) is 5.89. The van der Waals surface area contributed by atoms with Crippen molar-refractivity contribution >= 4 is 18.2 Å². The number of pyridine rings is 1. The molecule has 1 saturated heterocycles. The fraction of sp³-hybridized carbons (Fsp3) is 0.471. The van der Waals surface area contributed by atoms with Crippen LogP contribution in [0.3, 0.4) is 0 Å². The smallest absolute Gasteiger partial charge is 0.133 e. The van der Waals surface area contributed by atoms with Gasteiger partial charge in [-0.15, -0.1) is 12.4 Å². The number of aryl methyl sites for hydroxylation is 1. The molecule has 126 valence electrons. The predicted molar refractivity (Wildman–Crippen MR) is 95.2 cm³/mol. The molecular weight excluding hydrogens is 312 g/mol. The Kier molecular flexibility index (Phi) is 6.45. The molecule has 0 unspecified atom stereocenters. The van der Waals surface area contributed by atoms with E-state index in [9.17, 15) is 0 Å². The molecule has 3 rings (SSSR count). The van der Waals surface area contributed by atoms with Crippen molar-refractivity contribution in [2.45, 2.75) is 20.0 Å². The molecule has 0 spiro atoms. The van der Waals surface area contributed by atoms with Crippen molar-refractivity contribution in [1.82, 2.24) is 15.2 Å². The fourth-order valence-electron chi connectivity index (χ4n) is 2.77. The minimum atomic E-state index is 0. The van der Waals surface area contributed by atoms with Crippen LogP contribution in [-0.4, -0.2) is 43.1 Å². The third-order valence-electron chi connectivity index (χ3n) is 4.08. The van der Waals surface area contributed by atoms with Crippen LogP contribution >= 0.6 is 12.4 Å². The lowest BCUT2D eigenvalue weighted by Crippen LogP contribution is -2.45. The summed E-state index contributed by atoms with van der Waals surface area (Å²) in [5.41, 5.74) is 1.25. The van der Waals surface area contributed by atoms with E-state index in [1.165, 1.54) is 5.56 Å². The normalized spacial score (nSPS) is 15.5. The molecule has 0 bridgehead atoms. The van der Waals surface area contributed by atoms with Gasteiger partial charge in [-0.25, -0.2) is 4.98 Å². The quantitative estimate of drug-likeness (QED) is 0.908. The van der Waals surface area contributed by atoms with Crippen LogP contribution in [0.1, 0.15) is 17.1 Å². The second kappa shape index (κ2) is 8.34. The SMILES string of the molecule is Cc1ccc(CNCc2cccnc2N2CCN(C)CC2)o1.Cl. The van der Waals surface area contributed by atoms with Gasteiger partial charge in [0.05, 0.1) is 6.54 Å². The van der Waals surface area contributed by atoms with Gasteiger partial charge in [0.15, 0.2) is 0 Å². The Balaban J connectivity index is 0.00000192. The Labute approximate surface area is 144 Å². The summed E-state index contributed by atoms with van der Waals surface area (Å²) in [4.78, 5) is 9.34. The molecule has 2 aromatic rings. The van der Waals surface area contributed by atoms with Crippen LogP contribution in [0, 0.1) is 6.92 Å². The molecule has 6 heteroatoms.